The van der Waals surface area contributed by atoms with Gasteiger partial charge in [-0.3, -0.25) is 0 Å². The van der Waals surface area contributed by atoms with Gasteiger partial charge in [-0.15, -0.1) is 0 Å². The van der Waals surface area contributed by atoms with Crippen LogP contribution in [0.3, 0.4) is 0 Å². The molecule has 0 bridgehead atoms. The molecular formula is C20H25F3N4OS. The van der Waals surface area contributed by atoms with Crippen molar-refractivity contribution in [2.45, 2.75) is 58.5 Å². The maximum Gasteiger partial charge on any atom is 0.420 e. The van der Waals surface area contributed by atoms with Crippen molar-refractivity contribution in [3.8, 4) is 10.9 Å². The number of benzene rings is 1. The molecule has 0 unspecified atom stereocenters. The van der Waals surface area contributed by atoms with Crippen LogP contribution in [0.4, 0.5) is 18.9 Å². The number of rotatable bonds is 4. The van der Waals surface area contributed by atoms with Crippen molar-refractivity contribution in [3.63, 3.8) is 0 Å². The van der Waals surface area contributed by atoms with Gasteiger partial charge < -0.3 is 9.64 Å². The van der Waals surface area contributed by atoms with E-state index in [9.17, 15) is 13.2 Å². The van der Waals surface area contributed by atoms with E-state index in [2.05, 4.69) is 14.3 Å². The topological polar surface area (TPSA) is 50.6 Å². The number of alkyl halides is 3. The Morgan fingerprint density at radius 1 is 1.14 bits per heavy atom. The van der Waals surface area contributed by atoms with Gasteiger partial charge in [-0.2, -0.15) is 22.5 Å². The molecule has 0 N–H and O–H groups in total. The normalized spacial score (nSPS) is 15.9. The zero-order chi connectivity index (χ0) is 21.2. The molecule has 1 aromatic carbocycles. The van der Waals surface area contributed by atoms with Gasteiger partial charge in [0.2, 0.25) is 0 Å². The predicted octanol–water partition coefficient (Wildman–Crippen LogP) is 6.10. The molecule has 0 radical (unpaired) electrons. The molecule has 1 fully saturated rings. The Labute approximate surface area is 172 Å². The summed E-state index contributed by atoms with van der Waals surface area (Å²) in [5, 5.41) is 0.0874. The third-order valence-corrected chi connectivity index (χ3v) is 5.22. The van der Waals surface area contributed by atoms with Crippen molar-refractivity contribution in [1.82, 2.24) is 14.3 Å². The van der Waals surface area contributed by atoms with Crippen LogP contribution in [0.2, 0.25) is 0 Å². The highest BCUT2D eigenvalue weighted by atomic mass is 32.1. The lowest BCUT2D eigenvalue weighted by molar-refractivity contribution is -0.138. The van der Waals surface area contributed by atoms with E-state index >= 15 is 0 Å². The first-order valence-corrected chi connectivity index (χ1v) is 10.3. The van der Waals surface area contributed by atoms with Crippen LogP contribution in [0.15, 0.2) is 17.1 Å². The minimum Gasteiger partial charge on any atom is -0.429 e. The Kier molecular flexibility index (Phi) is 6.16. The van der Waals surface area contributed by atoms with E-state index in [0.717, 1.165) is 43.5 Å². The molecule has 2 aromatic rings. The molecule has 2 heterocycles. The summed E-state index contributed by atoms with van der Waals surface area (Å²) < 4.78 is 50.7. The van der Waals surface area contributed by atoms with E-state index in [0.29, 0.717) is 11.4 Å². The Morgan fingerprint density at radius 3 is 2.41 bits per heavy atom. The number of ether oxygens (including phenoxy) is 1. The molecule has 0 spiro atoms. The zero-order valence-electron chi connectivity index (χ0n) is 17.0. The average molecular weight is 427 g/mol. The number of nitrogens with zero attached hydrogens (tertiary/aromatic N) is 4. The smallest absolute Gasteiger partial charge is 0.420 e. The van der Waals surface area contributed by atoms with Gasteiger partial charge in [0.05, 0.1) is 12.0 Å². The number of aromatic nitrogens is 2. The summed E-state index contributed by atoms with van der Waals surface area (Å²) in [5.74, 6) is 0.245. The van der Waals surface area contributed by atoms with Crippen LogP contribution in [0.1, 0.15) is 57.0 Å². The molecular weight excluding hydrogens is 401 g/mol. The number of piperidine rings is 1. The van der Waals surface area contributed by atoms with E-state index in [1.54, 1.807) is 13.3 Å². The third kappa shape index (κ3) is 5.46. The molecule has 1 saturated heterocycles. The summed E-state index contributed by atoms with van der Waals surface area (Å²) in [7, 11) is 0. The van der Waals surface area contributed by atoms with Crippen molar-refractivity contribution in [2.75, 3.05) is 13.1 Å². The van der Waals surface area contributed by atoms with Gasteiger partial charge in [0.15, 0.2) is 5.82 Å². The summed E-state index contributed by atoms with van der Waals surface area (Å²) in [6.45, 7) is 9.26. The van der Waals surface area contributed by atoms with Gasteiger partial charge >= 0.3 is 6.18 Å². The van der Waals surface area contributed by atoms with Crippen LogP contribution in [-0.2, 0) is 11.6 Å². The summed E-state index contributed by atoms with van der Waals surface area (Å²) >= 11 is 0.943. The first kappa shape index (κ1) is 21.5. The second-order valence-corrected chi connectivity index (χ2v) is 8.92. The van der Waals surface area contributed by atoms with Crippen LogP contribution in [0, 0.1) is 6.92 Å². The lowest BCUT2D eigenvalue weighted by Gasteiger charge is -2.24. The molecule has 1 aromatic heterocycles. The largest absolute Gasteiger partial charge is 0.429 e. The van der Waals surface area contributed by atoms with Gasteiger partial charge in [0.1, 0.15) is 11.3 Å². The van der Waals surface area contributed by atoms with Gasteiger partial charge in [-0.25, -0.2) is 4.99 Å². The second kappa shape index (κ2) is 8.30. The lowest BCUT2D eigenvalue weighted by atomic mass is 9.96. The SMILES string of the molecule is Cc1cc(Oc2nc(C(C)(C)C)ns2)c(C(F)(F)F)cc1N=CN1CCCCC1. The zero-order valence-corrected chi connectivity index (χ0v) is 17.8. The molecule has 3 rings (SSSR count). The molecule has 0 atom stereocenters. The molecule has 0 saturated carbocycles. The number of halogens is 3. The lowest BCUT2D eigenvalue weighted by Crippen LogP contribution is -2.28. The maximum atomic E-state index is 13.7. The van der Waals surface area contributed by atoms with Gasteiger partial charge in [-0.05, 0) is 43.9 Å². The van der Waals surface area contributed by atoms with E-state index in [1.165, 1.54) is 12.5 Å². The summed E-state index contributed by atoms with van der Waals surface area (Å²) in [6, 6.07) is 2.40. The van der Waals surface area contributed by atoms with E-state index < -0.39 is 11.7 Å². The summed E-state index contributed by atoms with van der Waals surface area (Å²) in [4.78, 5) is 10.6. The average Bonchev–Trinajstić information content (AvgIpc) is 3.10. The molecule has 5 nitrogen and oxygen atoms in total. The standard InChI is InChI=1S/C20H25F3N4OS/c1-13-10-16(28-18-25-17(26-29-18)19(2,3)4)14(20(21,22)23)11-15(13)24-12-27-8-6-5-7-9-27/h10-12H,5-9H2,1-4H3. The van der Waals surface area contributed by atoms with Crippen molar-refractivity contribution >= 4 is 23.6 Å². The Hall–Kier alpha value is -2.16. The Morgan fingerprint density at radius 2 is 1.83 bits per heavy atom. The van der Waals surface area contributed by atoms with Crippen LogP contribution in [0.25, 0.3) is 0 Å². The van der Waals surface area contributed by atoms with E-state index in [4.69, 9.17) is 4.74 Å². The van der Waals surface area contributed by atoms with Crippen LogP contribution < -0.4 is 4.74 Å². The predicted molar refractivity (Wildman–Crippen MR) is 108 cm³/mol. The fourth-order valence-electron chi connectivity index (χ4n) is 2.94. The number of likely N-dealkylation sites (tertiary alicyclic amines) is 1. The quantitative estimate of drug-likeness (QED) is 0.438. The van der Waals surface area contributed by atoms with E-state index in [-0.39, 0.29) is 22.0 Å². The maximum absolute atomic E-state index is 13.7. The first-order chi connectivity index (χ1) is 13.5. The monoisotopic (exact) mass is 426 g/mol. The third-order valence-electron chi connectivity index (χ3n) is 4.63. The molecule has 158 valence electrons. The van der Waals surface area contributed by atoms with Crippen LogP contribution in [0.5, 0.6) is 10.9 Å². The summed E-state index contributed by atoms with van der Waals surface area (Å²) in [6.07, 6.45) is 0.392. The molecule has 29 heavy (non-hydrogen) atoms. The minimum absolute atomic E-state index is 0.0874. The highest BCUT2D eigenvalue weighted by molar-refractivity contribution is 7.07. The summed E-state index contributed by atoms with van der Waals surface area (Å²) in [5.41, 5.74) is -0.306. The fourth-order valence-corrected chi connectivity index (χ4v) is 3.68. The van der Waals surface area contributed by atoms with Crippen LogP contribution in [-0.4, -0.2) is 33.7 Å². The molecule has 0 amide bonds. The van der Waals surface area contributed by atoms with Gasteiger partial charge in [0, 0.05) is 30.0 Å². The fraction of sp³-hybridized carbons (Fsp3) is 0.550. The van der Waals surface area contributed by atoms with E-state index in [1.807, 2.05) is 25.7 Å². The Bertz CT molecular complexity index is 881. The number of hydrogen-bond acceptors (Lipinski definition) is 5. The number of aryl methyl sites for hydroxylation is 1. The van der Waals surface area contributed by atoms with Crippen molar-refractivity contribution in [2.24, 2.45) is 4.99 Å². The molecule has 1 aliphatic heterocycles. The minimum atomic E-state index is -4.57. The number of hydrogen-bond donors (Lipinski definition) is 0. The number of aliphatic imine (C=N–C) groups is 1. The molecule has 0 aliphatic carbocycles. The highest BCUT2D eigenvalue weighted by Gasteiger charge is 2.36. The van der Waals surface area contributed by atoms with Crippen molar-refractivity contribution in [1.29, 1.82) is 0 Å². The molecule has 1 aliphatic rings. The Balaban J connectivity index is 1.90. The first-order valence-electron chi connectivity index (χ1n) is 9.56. The van der Waals surface area contributed by atoms with Gasteiger partial charge in [-0.1, -0.05) is 20.8 Å². The second-order valence-electron chi connectivity index (χ2n) is 8.21. The van der Waals surface area contributed by atoms with Crippen LogP contribution >= 0.6 is 11.5 Å². The molecule has 9 heteroatoms. The van der Waals surface area contributed by atoms with Gasteiger partial charge in [0.25, 0.3) is 5.19 Å². The van der Waals surface area contributed by atoms with Crippen molar-refractivity contribution in [3.05, 3.63) is 29.1 Å². The van der Waals surface area contributed by atoms with Crippen molar-refractivity contribution < 1.29 is 17.9 Å². The highest BCUT2D eigenvalue weighted by Crippen LogP contribution is 2.42.